The maximum Gasteiger partial charge on any atom is 0.255 e. The number of unbranched alkanes of at least 4 members (excludes halogenated alkanes) is 3. The number of carbonyl (C=O) groups excluding carboxylic acids is 1. The highest BCUT2D eigenvalue weighted by Gasteiger charge is 2.12. The number of aliphatic hydroxyl groups is 1. The largest absolute Gasteiger partial charge is 0.436 e. The SMILES string of the molecule is CCCCCCc1ccc(Oc2ncc(C(=O)CO)cc2F)cc1. The third-order valence-corrected chi connectivity index (χ3v) is 3.73. The number of benzene rings is 1. The van der Waals surface area contributed by atoms with Crippen LogP contribution in [0.4, 0.5) is 4.39 Å². The first-order chi connectivity index (χ1) is 11.6. The molecule has 0 aliphatic heterocycles. The van der Waals surface area contributed by atoms with Crippen LogP contribution in [0.2, 0.25) is 0 Å². The minimum absolute atomic E-state index is 0.0183. The van der Waals surface area contributed by atoms with Gasteiger partial charge in [0.25, 0.3) is 5.88 Å². The molecule has 1 aromatic heterocycles. The van der Waals surface area contributed by atoms with Crippen LogP contribution < -0.4 is 4.74 Å². The maximum absolute atomic E-state index is 13.9. The summed E-state index contributed by atoms with van der Waals surface area (Å²) < 4.78 is 19.3. The van der Waals surface area contributed by atoms with Gasteiger partial charge < -0.3 is 9.84 Å². The van der Waals surface area contributed by atoms with Crippen LogP contribution in [-0.4, -0.2) is 22.5 Å². The number of nitrogens with zero attached hydrogens (tertiary/aromatic N) is 1. The van der Waals surface area contributed by atoms with E-state index in [9.17, 15) is 9.18 Å². The van der Waals surface area contributed by atoms with E-state index in [1.807, 2.05) is 12.1 Å². The molecule has 0 bridgehead atoms. The molecule has 0 saturated heterocycles. The highest BCUT2D eigenvalue weighted by Crippen LogP contribution is 2.23. The summed E-state index contributed by atoms with van der Waals surface area (Å²) in [6.45, 7) is 1.51. The highest BCUT2D eigenvalue weighted by molar-refractivity contribution is 5.96. The van der Waals surface area contributed by atoms with E-state index in [-0.39, 0.29) is 11.4 Å². The molecule has 128 valence electrons. The Balaban J connectivity index is 1.97. The molecule has 2 rings (SSSR count). The molecule has 0 aliphatic carbocycles. The lowest BCUT2D eigenvalue weighted by atomic mass is 10.1. The van der Waals surface area contributed by atoms with Crippen LogP contribution in [0.3, 0.4) is 0 Å². The zero-order chi connectivity index (χ0) is 17.4. The monoisotopic (exact) mass is 331 g/mol. The number of hydrogen-bond acceptors (Lipinski definition) is 4. The van der Waals surface area contributed by atoms with Crippen LogP contribution in [0.15, 0.2) is 36.5 Å². The van der Waals surface area contributed by atoms with Gasteiger partial charge in [0.1, 0.15) is 12.4 Å². The number of halogens is 1. The van der Waals surface area contributed by atoms with Gasteiger partial charge in [-0.05, 0) is 36.6 Å². The highest BCUT2D eigenvalue weighted by atomic mass is 19.1. The molecule has 5 heteroatoms. The van der Waals surface area contributed by atoms with Gasteiger partial charge >= 0.3 is 0 Å². The predicted octanol–water partition coefficient (Wildman–Crippen LogP) is 4.31. The summed E-state index contributed by atoms with van der Waals surface area (Å²) in [5.41, 5.74) is 1.24. The molecule has 1 aromatic carbocycles. The first-order valence-electron chi connectivity index (χ1n) is 8.20. The number of ketones is 1. The van der Waals surface area contributed by atoms with Crippen molar-refractivity contribution in [1.29, 1.82) is 0 Å². The molecule has 0 spiro atoms. The van der Waals surface area contributed by atoms with E-state index >= 15 is 0 Å². The van der Waals surface area contributed by atoms with Gasteiger partial charge in [-0.1, -0.05) is 38.3 Å². The molecule has 1 N–H and O–H groups in total. The fourth-order valence-electron chi connectivity index (χ4n) is 2.34. The third-order valence-electron chi connectivity index (χ3n) is 3.73. The Morgan fingerprint density at radius 3 is 2.58 bits per heavy atom. The molecule has 1 heterocycles. The third kappa shape index (κ3) is 5.13. The summed E-state index contributed by atoms with van der Waals surface area (Å²) in [6, 6.07) is 8.50. The van der Waals surface area contributed by atoms with Crippen LogP contribution >= 0.6 is 0 Å². The number of carbonyl (C=O) groups is 1. The van der Waals surface area contributed by atoms with E-state index in [0.29, 0.717) is 5.75 Å². The summed E-state index contributed by atoms with van der Waals surface area (Å²) in [4.78, 5) is 15.1. The zero-order valence-electron chi connectivity index (χ0n) is 13.8. The lowest BCUT2D eigenvalue weighted by Gasteiger charge is -2.08. The Labute approximate surface area is 141 Å². The summed E-state index contributed by atoms with van der Waals surface area (Å²) in [5.74, 6) is -1.03. The molecule has 0 unspecified atom stereocenters. The van der Waals surface area contributed by atoms with Gasteiger partial charge in [-0.2, -0.15) is 0 Å². The van der Waals surface area contributed by atoms with Crippen LogP contribution in [0, 0.1) is 5.82 Å². The molecule has 0 atom stereocenters. The molecule has 0 amide bonds. The van der Waals surface area contributed by atoms with Crippen molar-refractivity contribution in [1.82, 2.24) is 4.98 Å². The van der Waals surface area contributed by atoms with Gasteiger partial charge in [0, 0.05) is 11.8 Å². The van der Waals surface area contributed by atoms with Crippen LogP contribution in [0.5, 0.6) is 11.6 Å². The van der Waals surface area contributed by atoms with Gasteiger partial charge in [-0.3, -0.25) is 4.79 Å². The van der Waals surface area contributed by atoms with E-state index in [1.165, 1.54) is 31.0 Å². The number of ether oxygens (including phenoxy) is 1. The standard InChI is InChI=1S/C19H22FNO3/c1-2-3-4-5-6-14-7-9-16(10-8-14)24-19-17(20)11-15(12-21-19)18(23)13-22/h7-12,22H,2-6,13H2,1H3. The van der Waals surface area contributed by atoms with Crippen molar-refractivity contribution >= 4 is 5.78 Å². The van der Waals surface area contributed by atoms with Crippen molar-refractivity contribution in [3.63, 3.8) is 0 Å². The van der Waals surface area contributed by atoms with Crippen LogP contribution in [0.1, 0.15) is 48.5 Å². The second-order valence-corrected chi connectivity index (χ2v) is 5.65. The number of Topliss-reactive ketones (excluding diaryl/α,β-unsaturated/α-hetero) is 1. The zero-order valence-corrected chi connectivity index (χ0v) is 13.8. The van der Waals surface area contributed by atoms with E-state index in [2.05, 4.69) is 11.9 Å². The minimum atomic E-state index is -0.738. The molecule has 0 fully saturated rings. The van der Waals surface area contributed by atoms with E-state index in [1.54, 1.807) is 12.1 Å². The summed E-state index contributed by atoms with van der Waals surface area (Å²) >= 11 is 0. The number of aromatic nitrogens is 1. The first-order valence-corrected chi connectivity index (χ1v) is 8.20. The van der Waals surface area contributed by atoms with Crippen molar-refractivity contribution < 1.29 is 19.0 Å². The first kappa shape index (κ1) is 18.1. The van der Waals surface area contributed by atoms with Gasteiger partial charge in [-0.15, -0.1) is 0 Å². The molecule has 2 aromatic rings. The molecule has 24 heavy (non-hydrogen) atoms. The Kier molecular flexibility index (Phi) is 6.88. The van der Waals surface area contributed by atoms with Crippen molar-refractivity contribution in [3.8, 4) is 11.6 Å². The fraction of sp³-hybridized carbons (Fsp3) is 0.368. The van der Waals surface area contributed by atoms with Gasteiger partial charge in [0.2, 0.25) is 0 Å². The van der Waals surface area contributed by atoms with Crippen molar-refractivity contribution in [2.24, 2.45) is 0 Å². The smallest absolute Gasteiger partial charge is 0.255 e. The molecular formula is C19H22FNO3. The fourth-order valence-corrected chi connectivity index (χ4v) is 2.34. The molecular weight excluding hydrogens is 309 g/mol. The lowest BCUT2D eigenvalue weighted by Crippen LogP contribution is -2.06. The molecule has 0 radical (unpaired) electrons. The van der Waals surface area contributed by atoms with Crippen LogP contribution in [0.25, 0.3) is 0 Å². The maximum atomic E-state index is 13.9. The molecule has 4 nitrogen and oxygen atoms in total. The van der Waals surface area contributed by atoms with E-state index in [4.69, 9.17) is 9.84 Å². The van der Waals surface area contributed by atoms with E-state index < -0.39 is 18.2 Å². The topological polar surface area (TPSA) is 59.4 Å². The van der Waals surface area contributed by atoms with Crippen LogP contribution in [-0.2, 0) is 6.42 Å². The van der Waals surface area contributed by atoms with Crippen molar-refractivity contribution in [2.45, 2.75) is 39.0 Å². The Hall–Kier alpha value is -2.27. The quantitative estimate of drug-likeness (QED) is 0.549. The minimum Gasteiger partial charge on any atom is -0.436 e. The second kappa shape index (κ2) is 9.13. The molecule has 0 aliphatic rings. The average Bonchev–Trinajstić information content (AvgIpc) is 2.61. The summed E-state index contributed by atoms with van der Waals surface area (Å²) in [5, 5.41) is 8.77. The number of hydrogen-bond donors (Lipinski definition) is 1. The van der Waals surface area contributed by atoms with Crippen molar-refractivity contribution in [3.05, 3.63) is 53.5 Å². The number of rotatable bonds is 9. The molecule has 0 saturated carbocycles. The van der Waals surface area contributed by atoms with E-state index in [0.717, 1.165) is 18.9 Å². The number of aliphatic hydroxyl groups excluding tert-OH is 1. The number of pyridine rings is 1. The Bertz CT molecular complexity index is 671. The second-order valence-electron chi connectivity index (χ2n) is 5.65. The van der Waals surface area contributed by atoms with Gasteiger partial charge in [-0.25, -0.2) is 9.37 Å². The predicted molar refractivity (Wildman–Crippen MR) is 90.0 cm³/mol. The number of aryl methyl sites for hydroxylation is 1. The van der Waals surface area contributed by atoms with Gasteiger partial charge in [0.15, 0.2) is 11.6 Å². The average molecular weight is 331 g/mol. The van der Waals surface area contributed by atoms with Gasteiger partial charge in [0.05, 0.1) is 0 Å². The summed E-state index contributed by atoms with van der Waals surface area (Å²) in [7, 11) is 0. The Morgan fingerprint density at radius 2 is 1.96 bits per heavy atom. The summed E-state index contributed by atoms with van der Waals surface area (Å²) in [6.07, 6.45) is 7.06. The lowest BCUT2D eigenvalue weighted by molar-refractivity contribution is 0.0903. The normalized spacial score (nSPS) is 10.6. The van der Waals surface area contributed by atoms with Crippen molar-refractivity contribution in [2.75, 3.05) is 6.61 Å². The Morgan fingerprint density at radius 1 is 1.21 bits per heavy atom.